The van der Waals surface area contributed by atoms with Crippen molar-refractivity contribution in [2.24, 2.45) is 0 Å². The third kappa shape index (κ3) is 3.80. The van der Waals surface area contributed by atoms with Crippen LogP contribution in [0.2, 0.25) is 5.02 Å². The number of hydrogen-bond acceptors (Lipinski definition) is 3. The molecule has 1 aromatic heterocycles. The second-order valence-electron chi connectivity index (χ2n) is 4.23. The second kappa shape index (κ2) is 6.19. The van der Waals surface area contributed by atoms with E-state index in [4.69, 9.17) is 16.7 Å². The van der Waals surface area contributed by atoms with E-state index in [2.05, 4.69) is 12.2 Å². The monoisotopic (exact) mass is 295 g/mol. The molecule has 0 aliphatic carbocycles. The largest absolute Gasteiger partial charge is 0.477 e. The zero-order valence-corrected chi connectivity index (χ0v) is 12.0. The summed E-state index contributed by atoms with van der Waals surface area (Å²) in [6.45, 7) is 2.70. The van der Waals surface area contributed by atoms with E-state index < -0.39 is 5.97 Å². The quantitative estimate of drug-likeness (QED) is 0.878. The lowest BCUT2D eigenvalue weighted by molar-refractivity contribution is 0.0702. The van der Waals surface area contributed by atoms with Crippen molar-refractivity contribution in [1.29, 1.82) is 0 Å². The Bertz CT molecular complexity index is 582. The molecule has 19 heavy (non-hydrogen) atoms. The Morgan fingerprint density at radius 3 is 2.84 bits per heavy atom. The van der Waals surface area contributed by atoms with Gasteiger partial charge in [-0.1, -0.05) is 23.7 Å². The third-order valence-corrected chi connectivity index (χ3v) is 4.11. The van der Waals surface area contributed by atoms with Gasteiger partial charge in [0.15, 0.2) is 0 Å². The van der Waals surface area contributed by atoms with Crippen molar-refractivity contribution >= 4 is 28.9 Å². The molecule has 0 radical (unpaired) electrons. The minimum Gasteiger partial charge on any atom is -0.477 e. The number of hydrogen-bond donors (Lipinski definition) is 2. The number of carboxylic acid groups (broad SMARTS) is 1. The molecule has 0 fully saturated rings. The smallest absolute Gasteiger partial charge is 0.345 e. The first-order valence-electron chi connectivity index (χ1n) is 5.87. The lowest BCUT2D eigenvalue weighted by atomic mass is 10.1. The minimum atomic E-state index is -0.876. The number of carbonyl (C=O) groups is 1. The lowest BCUT2D eigenvalue weighted by Gasteiger charge is -2.13. The Morgan fingerprint density at radius 2 is 2.21 bits per heavy atom. The van der Waals surface area contributed by atoms with Gasteiger partial charge in [-0.05, 0) is 36.8 Å². The molecule has 1 heterocycles. The summed E-state index contributed by atoms with van der Waals surface area (Å²) < 4.78 is 0. The second-order valence-corrected chi connectivity index (χ2v) is 5.83. The van der Waals surface area contributed by atoms with Gasteiger partial charge in [-0.2, -0.15) is 0 Å². The number of carboxylic acids is 1. The molecule has 0 aliphatic rings. The number of thiophene rings is 1. The van der Waals surface area contributed by atoms with E-state index in [-0.39, 0.29) is 6.04 Å². The van der Waals surface area contributed by atoms with Gasteiger partial charge < -0.3 is 10.4 Å². The predicted molar refractivity (Wildman–Crippen MR) is 78.0 cm³/mol. The highest BCUT2D eigenvalue weighted by Crippen LogP contribution is 2.20. The molecule has 3 nitrogen and oxygen atoms in total. The highest BCUT2D eigenvalue weighted by molar-refractivity contribution is 7.13. The molecule has 2 rings (SSSR count). The molecule has 2 aromatic rings. The predicted octanol–water partition coefficient (Wildman–Crippen LogP) is 3.95. The fourth-order valence-electron chi connectivity index (χ4n) is 1.74. The molecule has 0 spiro atoms. The molecular weight excluding hydrogens is 282 g/mol. The number of aromatic carboxylic acids is 1. The van der Waals surface area contributed by atoms with Crippen LogP contribution in [0.4, 0.5) is 0 Å². The molecule has 0 amide bonds. The maximum atomic E-state index is 10.8. The summed E-state index contributed by atoms with van der Waals surface area (Å²) in [5.41, 5.74) is 1.11. The summed E-state index contributed by atoms with van der Waals surface area (Å²) in [6.07, 6.45) is 0. The summed E-state index contributed by atoms with van der Waals surface area (Å²) in [6, 6.07) is 11.3. The Hall–Kier alpha value is -1.36. The maximum Gasteiger partial charge on any atom is 0.345 e. The van der Waals surface area contributed by atoms with Crippen LogP contribution in [0.15, 0.2) is 36.4 Å². The Balaban J connectivity index is 1.96. The van der Waals surface area contributed by atoms with Gasteiger partial charge >= 0.3 is 5.97 Å². The van der Waals surface area contributed by atoms with Crippen molar-refractivity contribution < 1.29 is 9.90 Å². The van der Waals surface area contributed by atoms with Crippen LogP contribution in [0.1, 0.15) is 33.1 Å². The van der Waals surface area contributed by atoms with Crippen molar-refractivity contribution in [1.82, 2.24) is 5.32 Å². The number of rotatable bonds is 5. The average Bonchev–Trinajstić information content (AvgIpc) is 2.85. The van der Waals surface area contributed by atoms with Crippen molar-refractivity contribution in [3.05, 3.63) is 56.7 Å². The highest BCUT2D eigenvalue weighted by Gasteiger charge is 2.09. The van der Waals surface area contributed by atoms with Gasteiger partial charge in [0.25, 0.3) is 0 Å². The van der Waals surface area contributed by atoms with Crippen LogP contribution in [-0.2, 0) is 6.54 Å². The van der Waals surface area contributed by atoms with Gasteiger partial charge in [0, 0.05) is 22.5 Å². The van der Waals surface area contributed by atoms with E-state index in [1.165, 1.54) is 11.3 Å². The molecule has 2 N–H and O–H groups in total. The van der Waals surface area contributed by atoms with Gasteiger partial charge in [0.05, 0.1) is 0 Å². The Morgan fingerprint density at radius 1 is 1.42 bits per heavy atom. The van der Waals surface area contributed by atoms with Crippen molar-refractivity contribution in [2.75, 3.05) is 0 Å². The van der Waals surface area contributed by atoms with Crippen LogP contribution in [0.25, 0.3) is 0 Å². The van der Waals surface area contributed by atoms with Crippen molar-refractivity contribution in [3.8, 4) is 0 Å². The SMILES string of the molecule is C[C@@H](NCc1ccc(C(=O)O)s1)c1cccc(Cl)c1. The summed E-state index contributed by atoms with van der Waals surface area (Å²) in [5.74, 6) is -0.876. The molecule has 0 bridgehead atoms. The number of nitrogens with one attached hydrogen (secondary N) is 1. The molecule has 5 heteroatoms. The number of halogens is 1. The fourth-order valence-corrected chi connectivity index (χ4v) is 2.73. The molecule has 1 atom stereocenters. The van der Waals surface area contributed by atoms with Crippen LogP contribution >= 0.6 is 22.9 Å². The Kier molecular flexibility index (Phi) is 4.58. The zero-order chi connectivity index (χ0) is 13.8. The normalized spacial score (nSPS) is 12.3. The molecule has 1 aromatic carbocycles. The highest BCUT2D eigenvalue weighted by atomic mass is 35.5. The third-order valence-electron chi connectivity index (χ3n) is 2.80. The fraction of sp³-hybridized carbons (Fsp3) is 0.214. The summed E-state index contributed by atoms with van der Waals surface area (Å²) in [7, 11) is 0. The van der Waals surface area contributed by atoms with Gasteiger partial charge in [0.2, 0.25) is 0 Å². The summed E-state index contributed by atoms with van der Waals surface area (Å²) in [4.78, 5) is 12.2. The van der Waals surface area contributed by atoms with E-state index in [0.29, 0.717) is 11.4 Å². The van der Waals surface area contributed by atoms with Crippen LogP contribution in [0.3, 0.4) is 0 Å². The van der Waals surface area contributed by atoms with Gasteiger partial charge in [-0.15, -0.1) is 11.3 Å². The molecule has 0 unspecified atom stereocenters. The first-order chi connectivity index (χ1) is 9.06. The van der Waals surface area contributed by atoms with Gasteiger partial charge in [-0.3, -0.25) is 0 Å². The number of benzene rings is 1. The van der Waals surface area contributed by atoms with Crippen LogP contribution in [-0.4, -0.2) is 11.1 Å². The maximum absolute atomic E-state index is 10.8. The van der Waals surface area contributed by atoms with Crippen LogP contribution in [0, 0.1) is 0 Å². The van der Waals surface area contributed by atoms with Crippen molar-refractivity contribution in [2.45, 2.75) is 19.5 Å². The lowest BCUT2D eigenvalue weighted by Crippen LogP contribution is -2.17. The zero-order valence-electron chi connectivity index (χ0n) is 10.4. The Labute approximate surface area is 120 Å². The van der Waals surface area contributed by atoms with Crippen LogP contribution in [0.5, 0.6) is 0 Å². The minimum absolute atomic E-state index is 0.161. The topological polar surface area (TPSA) is 49.3 Å². The summed E-state index contributed by atoms with van der Waals surface area (Å²) >= 11 is 7.25. The standard InChI is InChI=1S/C14H14ClNO2S/c1-9(10-3-2-4-11(15)7-10)16-8-12-5-6-13(19-12)14(17)18/h2-7,9,16H,8H2,1H3,(H,17,18)/t9-/m1/s1. The van der Waals surface area contributed by atoms with Gasteiger partial charge in [-0.25, -0.2) is 4.79 Å². The first kappa shape index (κ1) is 14.1. The van der Waals surface area contributed by atoms with Crippen LogP contribution < -0.4 is 5.32 Å². The molecule has 0 saturated heterocycles. The van der Waals surface area contributed by atoms with E-state index in [9.17, 15) is 4.79 Å². The van der Waals surface area contributed by atoms with E-state index >= 15 is 0 Å². The molecule has 0 aliphatic heterocycles. The van der Waals surface area contributed by atoms with E-state index in [0.717, 1.165) is 15.5 Å². The molecule has 100 valence electrons. The van der Waals surface area contributed by atoms with Gasteiger partial charge in [0.1, 0.15) is 4.88 Å². The van der Waals surface area contributed by atoms with E-state index in [1.54, 1.807) is 6.07 Å². The molecular formula is C14H14ClNO2S. The molecule has 0 saturated carbocycles. The van der Waals surface area contributed by atoms with Crippen molar-refractivity contribution in [3.63, 3.8) is 0 Å². The average molecular weight is 296 g/mol. The first-order valence-corrected chi connectivity index (χ1v) is 7.06. The summed E-state index contributed by atoms with van der Waals surface area (Å²) in [5, 5.41) is 12.9. The van der Waals surface area contributed by atoms with E-state index in [1.807, 2.05) is 30.3 Å².